The molecule has 2 aromatic carbocycles. The van der Waals surface area contributed by atoms with E-state index in [2.05, 4.69) is 10.5 Å². The van der Waals surface area contributed by atoms with E-state index in [-0.39, 0.29) is 12.3 Å². The number of rotatable bonds is 4. The van der Waals surface area contributed by atoms with Gasteiger partial charge in [0.15, 0.2) is 5.71 Å². The topological polar surface area (TPSA) is 88.1 Å². The molecule has 26 heavy (non-hydrogen) atoms. The Morgan fingerprint density at radius 3 is 2.35 bits per heavy atom. The summed E-state index contributed by atoms with van der Waals surface area (Å²) in [7, 11) is 0. The van der Waals surface area contributed by atoms with Crippen LogP contribution in [0.15, 0.2) is 65.8 Å². The summed E-state index contributed by atoms with van der Waals surface area (Å²) in [6.07, 6.45) is 0. The van der Waals surface area contributed by atoms with Crippen LogP contribution in [0, 0.1) is 5.92 Å². The van der Waals surface area contributed by atoms with Crippen molar-refractivity contribution in [1.82, 2.24) is 5.43 Å². The van der Waals surface area contributed by atoms with Gasteiger partial charge in [-0.05, 0) is 17.7 Å². The van der Waals surface area contributed by atoms with E-state index in [9.17, 15) is 14.4 Å². The van der Waals surface area contributed by atoms with Crippen molar-refractivity contribution in [3.05, 3.63) is 66.2 Å². The number of amides is 2. The van der Waals surface area contributed by atoms with Crippen molar-refractivity contribution < 1.29 is 19.1 Å². The standard InChI is InChI=1S/C19H15N3O4/c23-17-14-15(18(24)22(17)13-9-5-2-6-10-13)20-21-16(14)19(25)26-11-12-7-3-1-4-8-12/h1-10,14-15,20H,11H2/t14-,15-/m0/s1. The molecule has 1 saturated heterocycles. The number of hydrogen-bond acceptors (Lipinski definition) is 6. The molecule has 1 N–H and O–H groups in total. The first-order chi connectivity index (χ1) is 12.7. The zero-order chi connectivity index (χ0) is 18.1. The summed E-state index contributed by atoms with van der Waals surface area (Å²) < 4.78 is 5.25. The van der Waals surface area contributed by atoms with Crippen LogP contribution < -0.4 is 10.3 Å². The molecule has 7 nitrogen and oxygen atoms in total. The van der Waals surface area contributed by atoms with Gasteiger partial charge < -0.3 is 4.74 Å². The van der Waals surface area contributed by atoms with Crippen molar-refractivity contribution in [3.8, 4) is 0 Å². The number of hydrogen-bond donors (Lipinski definition) is 1. The highest BCUT2D eigenvalue weighted by atomic mass is 16.5. The molecular formula is C19H15N3O4. The number of ether oxygens (including phenoxy) is 1. The van der Waals surface area contributed by atoms with Gasteiger partial charge in [0, 0.05) is 0 Å². The van der Waals surface area contributed by atoms with Gasteiger partial charge in [-0.1, -0.05) is 48.5 Å². The molecule has 4 rings (SSSR count). The summed E-state index contributed by atoms with van der Waals surface area (Å²) in [5.41, 5.74) is 3.83. The van der Waals surface area contributed by atoms with Crippen LogP contribution in [0.3, 0.4) is 0 Å². The monoisotopic (exact) mass is 349 g/mol. The zero-order valence-electron chi connectivity index (χ0n) is 13.7. The fourth-order valence-corrected chi connectivity index (χ4v) is 3.09. The van der Waals surface area contributed by atoms with E-state index in [0.717, 1.165) is 10.5 Å². The van der Waals surface area contributed by atoms with Gasteiger partial charge in [-0.25, -0.2) is 9.69 Å². The van der Waals surface area contributed by atoms with Gasteiger partial charge in [0.05, 0.1) is 5.69 Å². The Morgan fingerprint density at radius 2 is 1.65 bits per heavy atom. The first-order valence-corrected chi connectivity index (χ1v) is 8.14. The molecule has 0 bridgehead atoms. The van der Waals surface area contributed by atoms with Crippen LogP contribution in [0.1, 0.15) is 5.56 Å². The lowest BCUT2D eigenvalue weighted by atomic mass is 9.99. The minimum atomic E-state index is -0.967. The molecule has 0 aromatic heterocycles. The maximum Gasteiger partial charge on any atom is 0.355 e. The number of carbonyl (C=O) groups is 3. The second-order valence-corrected chi connectivity index (χ2v) is 5.99. The van der Waals surface area contributed by atoms with Crippen LogP contribution in [0.5, 0.6) is 0 Å². The van der Waals surface area contributed by atoms with Crippen molar-refractivity contribution in [1.29, 1.82) is 0 Å². The Morgan fingerprint density at radius 1 is 1.00 bits per heavy atom. The van der Waals surface area contributed by atoms with E-state index >= 15 is 0 Å². The van der Waals surface area contributed by atoms with E-state index < -0.39 is 29.7 Å². The second-order valence-electron chi connectivity index (χ2n) is 5.99. The third-order valence-corrected chi connectivity index (χ3v) is 4.36. The zero-order valence-corrected chi connectivity index (χ0v) is 13.7. The SMILES string of the molecule is O=C(OCc1ccccc1)C1=NN[C@@H]2C(=O)N(c3ccccc3)C(=O)[C@H]12. The summed E-state index contributed by atoms with van der Waals surface area (Å²) in [5.74, 6) is -2.58. The third kappa shape index (κ3) is 2.63. The summed E-state index contributed by atoms with van der Waals surface area (Å²) >= 11 is 0. The molecule has 2 heterocycles. The molecule has 0 aliphatic carbocycles. The minimum Gasteiger partial charge on any atom is -0.456 e. The molecule has 0 radical (unpaired) electrons. The van der Waals surface area contributed by atoms with Crippen LogP contribution >= 0.6 is 0 Å². The quantitative estimate of drug-likeness (QED) is 0.663. The van der Waals surface area contributed by atoms with Crippen LogP contribution in [0.25, 0.3) is 0 Å². The number of esters is 1. The Balaban J connectivity index is 1.51. The Labute approximate surface area is 149 Å². The Bertz CT molecular complexity index is 896. The Hall–Kier alpha value is -3.48. The Kier molecular flexibility index (Phi) is 3.96. The van der Waals surface area contributed by atoms with Gasteiger partial charge in [0.1, 0.15) is 18.6 Å². The lowest BCUT2D eigenvalue weighted by Crippen LogP contribution is -2.36. The first-order valence-electron chi connectivity index (χ1n) is 8.14. The van der Waals surface area contributed by atoms with Crippen molar-refractivity contribution in [2.24, 2.45) is 11.0 Å². The highest BCUT2D eigenvalue weighted by Gasteiger charge is 2.55. The highest BCUT2D eigenvalue weighted by molar-refractivity contribution is 6.46. The average molecular weight is 349 g/mol. The van der Waals surface area contributed by atoms with Gasteiger partial charge in [-0.15, -0.1) is 0 Å². The van der Waals surface area contributed by atoms with Crippen LogP contribution in [-0.2, 0) is 25.7 Å². The van der Waals surface area contributed by atoms with Crippen molar-refractivity contribution >= 4 is 29.2 Å². The fraction of sp³-hybridized carbons (Fsp3) is 0.158. The average Bonchev–Trinajstić information content (AvgIpc) is 3.22. The largest absolute Gasteiger partial charge is 0.456 e. The number of benzene rings is 2. The molecule has 0 unspecified atom stereocenters. The van der Waals surface area contributed by atoms with E-state index in [1.165, 1.54) is 0 Å². The number of carbonyl (C=O) groups excluding carboxylic acids is 3. The van der Waals surface area contributed by atoms with Gasteiger partial charge >= 0.3 is 5.97 Å². The normalized spacial score (nSPS) is 21.2. The summed E-state index contributed by atoms with van der Waals surface area (Å²) in [6.45, 7) is 0.0701. The molecule has 0 spiro atoms. The number of fused-ring (bicyclic) bond motifs is 1. The lowest BCUT2D eigenvalue weighted by molar-refractivity contribution is -0.137. The molecule has 2 aliphatic rings. The van der Waals surface area contributed by atoms with Gasteiger partial charge in [0.2, 0.25) is 5.91 Å². The molecule has 2 atom stereocenters. The van der Waals surface area contributed by atoms with Crippen LogP contribution in [-0.4, -0.2) is 29.5 Å². The fourth-order valence-electron chi connectivity index (χ4n) is 3.09. The predicted octanol–water partition coefficient (Wildman–Crippen LogP) is 1.25. The van der Waals surface area contributed by atoms with Gasteiger partial charge in [-0.3, -0.25) is 15.0 Å². The van der Waals surface area contributed by atoms with Crippen molar-refractivity contribution in [3.63, 3.8) is 0 Å². The lowest BCUT2D eigenvalue weighted by Gasteiger charge is -2.15. The molecule has 7 heteroatoms. The maximum atomic E-state index is 12.8. The molecule has 2 aliphatic heterocycles. The van der Waals surface area contributed by atoms with Gasteiger partial charge in [0.25, 0.3) is 5.91 Å². The number of imide groups is 1. The molecular weight excluding hydrogens is 334 g/mol. The van der Waals surface area contributed by atoms with E-state index in [1.807, 2.05) is 30.3 Å². The summed E-state index contributed by atoms with van der Waals surface area (Å²) in [4.78, 5) is 38.8. The van der Waals surface area contributed by atoms with Crippen molar-refractivity contribution in [2.75, 3.05) is 4.90 Å². The number of anilines is 1. The van der Waals surface area contributed by atoms with E-state index in [4.69, 9.17) is 4.74 Å². The first kappa shape index (κ1) is 16.0. The summed E-state index contributed by atoms with van der Waals surface area (Å²) in [5, 5.41) is 3.89. The number of nitrogens with one attached hydrogen (secondary N) is 1. The van der Waals surface area contributed by atoms with Gasteiger partial charge in [-0.2, -0.15) is 5.10 Å². The second kappa shape index (κ2) is 6.44. The molecule has 1 fully saturated rings. The van der Waals surface area contributed by atoms with Crippen molar-refractivity contribution in [2.45, 2.75) is 12.6 Å². The number of para-hydroxylation sites is 1. The molecule has 2 aromatic rings. The smallest absolute Gasteiger partial charge is 0.355 e. The maximum absolute atomic E-state index is 12.8. The van der Waals surface area contributed by atoms with Crippen LogP contribution in [0.2, 0.25) is 0 Å². The molecule has 0 saturated carbocycles. The number of hydrazone groups is 1. The predicted molar refractivity (Wildman–Crippen MR) is 93.0 cm³/mol. The minimum absolute atomic E-state index is 0.0669. The highest BCUT2D eigenvalue weighted by Crippen LogP contribution is 2.30. The molecule has 2 amide bonds. The summed E-state index contributed by atoms with van der Waals surface area (Å²) in [6, 6.07) is 16.9. The molecule has 130 valence electrons. The number of nitrogens with zero attached hydrogens (tertiary/aromatic N) is 2. The van der Waals surface area contributed by atoms with Crippen LogP contribution in [0.4, 0.5) is 5.69 Å². The van der Waals surface area contributed by atoms with E-state index in [0.29, 0.717) is 5.69 Å². The third-order valence-electron chi connectivity index (χ3n) is 4.36. The van der Waals surface area contributed by atoms with E-state index in [1.54, 1.807) is 30.3 Å².